The third-order valence-electron chi connectivity index (χ3n) is 4.92. The van der Waals surface area contributed by atoms with Gasteiger partial charge in [-0.15, -0.1) is 0 Å². The zero-order valence-corrected chi connectivity index (χ0v) is 11.7. The van der Waals surface area contributed by atoms with E-state index in [-0.39, 0.29) is 0 Å². The molecular weight excluding hydrogens is 224 g/mol. The molecule has 18 heavy (non-hydrogen) atoms. The molecular formula is C15H28N2O. The molecule has 3 aliphatic rings. The maximum absolute atomic E-state index is 5.94. The van der Waals surface area contributed by atoms with E-state index in [0.29, 0.717) is 18.2 Å². The molecule has 3 aliphatic heterocycles. The fourth-order valence-electron chi connectivity index (χ4n) is 3.98. The zero-order valence-electron chi connectivity index (χ0n) is 11.7. The van der Waals surface area contributed by atoms with Gasteiger partial charge < -0.3 is 15.0 Å². The van der Waals surface area contributed by atoms with Crippen molar-refractivity contribution in [1.29, 1.82) is 0 Å². The number of nitrogens with zero attached hydrogens (tertiary/aromatic N) is 1. The molecule has 0 aliphatic carbocycles. The van der Waals surface area contributed by atoms with Crippen molar-refractivity contribution in [2.45, 2.75) is 76.2 Å². The molecule has 1 N–H and O–H groups in total. The van der Waals surface area contributed by atoms with Crippen molar-refractivity contribution in [3.05, 3.63) is 0 Å². The Labute approximate surface area is 111 Å². The zero-order chi connectivity index (χ0) is 12.4. The first-order chi connectivity index (χ1) is 8.85. The predicted octanol–water partition coefficient (Wildman–Crippen LogP) is 2.16. The van der Waals surface area contributed by atoms with Gasteiger partial charge in [0.15, 0.2) is 0 Å². The largest absolute Gasteiger partial charge is 0.373 e. The molecule has 3 saturated heterocycles. The van der Waals surface area contributed by atoms with Gasteiger partial charge in [-0.1, -0.05) is 6.92 Å². The van der Waals surface area contributed by atoms with Crippen LogP contribution in [0.5, 0.6) is 0 Å². The van der Waals surface area contributed by atoms with Crippen molar-refractivity contribution < 1.29 is 4.74 Å². The molecule has 0 radical (unpaired) electrons. The first-order valence-electron chi connectivity index (χ1n) is 7.99. The highest BCUT2D eigenvalue weighted by Crippen LogP contribution is 2.34. The number of rotatable bonds is 4. The molecule has 3 heteroatoms. The van der Waals surface area contributed by atoms with Gasteiger partial charge in [-0.2, -0.15) is 0 Å². The summed E-state index contributed by atoms with van der Waals surface area (Å²) >= 11 is 0. The van der Waals surface area contributed by atoms with Crippen LogP contribution in [0, 0.1) is 0 Å². The highest BCUT2D eigenvalue weighted by atomic mass is 16.5. The van der Waals surface area contributed by atoms with E-state index in [9.17, 15) is 0 Å². The molecule has 4 atom stereocenters. The summed E-state index contributed by atoms with van der Waals surface area (Å²) in [5.74, 6) is 0. The van der Waals surface area contributed by atoms with Crippen LogP contribution < -0.4 is 5.32 Å². The van der Waals surface area contributed by atoms with Crippen molar-refractivity contribution in [2.24, 2.45) is 0 Å². The van der Waals surface area contributed by atoms with Gasteiger partial charge in [-0.25, -0.2) is 0 Å². The number of nitrogens with one attached hydrogen (secondary N) is 1. The van der Waals surface area contributed by atoms with Crippen LogP contribution in [0.15, 0.2) is 0 Å². The summed E-state index contributed by atoms with van der Waals surface area (Å²) in [6, 6.07) is 1.39. The number of hydrogen-bond acceptors (Lipinski definition) is 3. The van der Waals surface area contributed by atoms with Crippen molar-refractivity contribution >= 4 is 0 Å². The van der Waals surface area contributed by atoms with E-state index in [0.717, 1.165) is 6.04 Å². The first-order valence-corrected chi connectivity index (χ1v) is 7.99. The molecule has 0 aromatic heterocycles. The van der Waals surface area contributed by atoms with Crippen LogP contribution in [0.3, 0.4) is 0 Å². The second-order valence-corrected chi connectivity index (χ2v) is 6.35. The van der Waals surface area contributed by atoms with Gasteiger partial charge in [-0.3, -0.25) is 0 Å². The van der Waals surface area contributed by atoms with E-state index in [2.05, 4.69) is 17.1 Å². The lowest BCUT2D eigenvalue weighted by molar-refractivity contribution is 0.0956. The van der Waals surface area contributed by atoms with E-state index >= 15 is 0 Å². The molecule has 3 heterocycles. The molecule has 3 rings (SSSR count). The average Bonchev–Trinajstić information content (AvgIpc) is 2.91. The normalized spacial score (nSPS) is 41.2. The van der Waals surface area contributed by atoms with Gasteiger partial charge in [0.1, 0.15) is 0 Å². The van der Waals surface area contributed by atoms with Crippen molar-refractivity contribution in [3.8, 4) is 0 Å². The SMILES string of the molecule is CCCN1CCCC(NC2CC3CCC2O3)CC1. The third kappa shape index (κ3) is 2.89. The molecule has 0 aromatic carbocycles. The Morgan fingerprint density at radius 1 is 1.17 bits per heavy atom. The molecule has 0 saturated carbocycles. The summed E-state index contributed by atoms with van der Waals surface area (Å²) < 4.78 is 5.94. The number of hydrogen-bond donors (Lipinski definition) is 1. The quantitative estimate of drug-likeness (QED) is 0.830. The summed E-state index contributed by atoms with van der Waals surface area (Å²) in [4.78, 5) is 2.64. The summed E-state index contributed by atoms with van der Waals surface area (Å²) in [6.07, 6.45) is 10.3. The van der Waals surface area contributed by atoms with E-state index in [1.54, 1.807) is 0 Å². The second kappa shape index (κ2) is 5.89. The van der Waals surface area contributed by atoms with Crippen LogP contribution in [-0.2, 0) is 4.74 Å². The van der Waals surface area contributed by atoms with Gasteiger partial charge in [0, 0.05) is 12.1 Å². The molecule has 0 spiro atoms. The molecule has 0 amide bonds. The lowest BCUT2D eigenvalue weighted by Crippen LogP contribution is -2.44. The van der Waals surface area contributed by atoms with E-state index < -0.39 is 0 Å². The average molecular weight is 252 g/mol. The predicted molar refractivity (Wildman–Crippen MR) is 73.8 cm³/mol. The van der Waals surface area contributed by atoms with Gasteiger partial charge in [-0.05, 0) is 64.6 Å². The number of fused-ring (bicyclic) bond motifs is 2. The number of likely N-dealkylation sites (tertiary alicyclic amines) is 1. The van der Waals surface area contributed by atoms with Crippen molar-refractivity contribution in [1.82, 2.24) is 10.2 Å². The fraction of sp³-hybridized carbons (Fsp3) is 1.00. The monoisotopic (exact) mass is 252 g/mol. The lowest BCUT2D eigenvalue weighted by atomic mass is 9.94. The smallest absolute Gasteiger partial charge is 0.0733 e. The van der Waals surface area contributed by atoms with Crippen LogP contribution in [0.4, 0.5) is 0 Å². The van der Waals surface area contributed by atoms with Gasteiger partial charge in [0.2, 0.25) is 0 Å². The lowest BCUT2D eigenvalue weighted by Gasteiger charge is -2.26. The molecule has 3 fully saturated rings. The van der Waals surface area contributed by atoms with Gasteiger partial charge >= 0.3 is 0 Å². The van der Waals surface area contributed by atoms with Crippen LogP contribution in [0.1, 0.15) is 51.9 Å². The molecule has 104 valence electrons. The summed E-state index contributed by atoms with van der Waals surface area (Å²) in [5.41, 5.74) is 0. The van der Waals surface area contributed by atoms with Gasteiger partial charge in [0.25, 0.3) is 0 Å². The minimum absolute atomic E-state index is 0.532. The van der Waals surface area contributed by atoms with Crippen LogP contribution in [0.25, 0.3) is 0 Å². The highest BCUT2D eigenvalue weighted by molar-refractivity contribution is 4.95. The van der Waals surface area contributed by atoms with E-state index in [4.69, 9.17) is 4.74 Å². The number of ether oxygens (including phenoxy) is 1. The third-order valence-corrected chi connectivity index (χ3v) is 4.92. The minimum Gasteiger partial charge on any atom is -0.373 e. The molecule has 0 aromatic rings. The van der Waals surface area contributed by atoms with Crippen LogP contribution in [-0.4, -0.2) is 48.8 Å². The highest BCUT2D eigenvalue weighted by Gasteiger charge is 2.41. The molecule has 3 nitrogen and oxygen atoms in total. The Balaban J connectivity index is 1.45. The standard InChI is InChI=1S/C15H28N2O/c1-2-8-17-9-3-4-12(7-10-17)16-14-11-13-5-6-15(14)18-13/h12-16H,2-11H2,1H3. The minimum atomic E-state index is 0.532. The summed E-state index contributed by atoms with van der Waals surface area (Å²) in [5, 5.41) is 3.90. The fourth-order valence-corrected chi connectivity index (χ4v) is 3.98. The van der Waals surface area contributed by atoms with Crippen LogP contribution >= 0.6 is 0 Å². The summed E-state index contributed by atoms with van der Waals surface area (Å²) in [6.45, 7) is 6.16. The Morgan fingerprint density at radius 3 is 2.83 bits per heavy atom. The Kier molecular flexibility index (Phi) is 4.22. The maximum atomic E-state index is 5.94. The van der Waals surface area contributed by atoms with Crippen LogP contribution in [0.2, 0.25) is 0 Å². The molecule has 4 unspecified atom stereocenters. The Morgan fingerprint density at radius 2 is 2.11 bits per heavy atom. The topological polar surface area (TPSA) is 24.5 Å². The van der Waals surface area contributed by atoms with E-state index in [1.807, 2.05) is 0 Å². The van der Waals surface area contributed by atoms with Crippen molar-refractivity contribution in [3.63, 3.8) is 0 Å². The second-order valence-electron chi connectivity index (χ2n) is 6.35. The van der Waals surface area contributed by atoms with Gasteiger partial charge in [0.05, 0.1) is 12.2 Å². The molecule has 2 bridgehead atoms. The van der Waals surface area contributed by atoms with E-state index in [1.165, 1.54) is 64.6 Å². The summed E-state index contributed by atoms with van der Waals surface area (Å²) in [7, 11) is 0. The van der Waals surface area contributed by atoms with Crippen molar-refractivity contribution in [2.75, 3.05) is 19.6 Å². The maximum Gasteiger partial charge on any atom is 0.0733 e. The Bertz CT molecular complexity index is 271. The Hall–Kier alpha value is -0.120. The first kappa shape index (κ1) is 12.9.